The molecule has 4 heteroatoms. The van der Waals surface area contributed by atoms with E-state index >= 15 is 0 Å². The maximum Gasteiger partial charge on any atom is 0.161 e. The Morgan fingerprint density at radius 2 is 1.75 bits per heavy atom. The molecule has 0 saturated heterocycles. The van der Waals surface area contributed by atoms with Crippen LogP contribution in [-0.4, -0.2) is 17.0 Å². The summed E-state index contributed by atoms with van der Waals surface area (Å²) >= 11 is 3.63. The van der Waals surface area contributed by atoms with Crippen LogP contribution in [0.3, 0.4) is 0 Å². The lowest BCUT2D eigenvalue weighted by Gasteiger charge is -2.11. The number of nitrogens with zero attached hydrogens (tertiary/aromatic N) is 2. The fourth-order valence-corrected chi connectivity index (χ4v) is 3.19. The fourth-order valence-electron chi connectivity index (χ4n) is 2.49. The van der Waals surface area contributed by atoms with Gasteiger partial charge in [0.05, 0.1) is 10.2 Å². The van der Waals surface area contributed by atoms with Crippen molar-refractivity contribution in [2.24, 2.45) is 0 Å². The molecule has 2 aromatic rings. The van der Waals surface area contributed by atoms with E-state index in [2.05, 4.69) is 58.3 Å². The van der Waals surface area contributed by atoms with Crippen molar-refractivity contribution >= 4 is 21.7 Å². The maximum atomic E-state index is 4.80. The van der Waals surface area contributed by atoms with E-state index in [1.807, 2.05) is 7.05 Å². The summed E-state index contributed by atoms with van der Waals surface area (Å²) in [5.74, 6) is 2.27. The van der Waals surface area contributed by atoms with E-state index in [0.29, 0.717) is 5.92 Å². The van der Waals surface area contributed by atoms with Gasteiger partial charge in [-0.05, 0) is 54.8 Å². The minimum absolute atomic E-state index is 0.587. The van der Waals surface area contributed by atoms with Gasteiger partial charge in [0.15, 0.2) is 5.82 Å². The second-order valence-electron chi connectivity index (χ2n) is 5.50. The van der Waals surface area contributed by atoms with Crippen LogP contribution in [0, 0.1) is 13.8 Å². The maximum absolute atomic E-state index is 4.80. The van der Waals surface area contributed by atoms with Gasteiger partial charge in [-0.1, -0.05) is 17.2 Å². The molecule has 1 aromatic heterocycles. The molecule has 1 N–H and O–H groups in total. The number of hydrogen-bond acceptors (Lipinski definition) is 3. The van der Waals surface area contributed by atoms with E-state index in [1.54, 1.807) is 0 Å². The van der Waals surface area contributed by atoms with Gasteiger partial charge in [0.25, 0.3) is 0 Å². The molecule has 0 atom stereocenters. The van der Waals surface area contributed by atoms with Gasteiger partial charge >= 0.3 is 0 Å². The SMILES string of the molecule is CNc1nc(-c2cc(C)cc(C)c2)nc(C2CC2)c1Br. The van der Waals surface area contributed by atoms with Crippen molar-refractivity contribution in [1.82, 2.24) is 9.97 Å². The second kappa shape index (κ2) is 5.17. The molecule has 0 radical (unpaired) electrons. The van der Waals surface area contributed by atoms with Gasteiger partial charge in [-0.25, -0.2) is 9.97 Å². The molecule has 1 aliphatic carbocycles. The Labute approximate surface area is 128 Å². The summed E-state index contributed by atoms with van der Waals surface area (Å²) in [5.41, 5.74) is 4.71. The number of aryl methyl sites for hydroxylation is 2. The first-order valence-corrected chi connectivity index (χ1v) is 7.71. The average Bonchev–Trinajstić information content (AvgIpc) is 3.22. The molecule has 0 aliphatic heterocycles. The van der Waals surface area contributed by atoms with Crippen molar-refractivity contribution in [3.63, 3.8) is 0 Å². The Hall–Kier alpha value is -1.42. The van der Waals surface area contributed by atoms with E-state index in [4.69, 9.17) is 4.98 Å². The number of aromatic nitrogens is 2. The molecule has 104 valence electrons. The van der Waals surface area contributed by atoms with E-state index in [9.17, 15) is 0 Å². The Morgan fingerprint density at radius 3 is 2.30 bits per heavy atom. The topological polar surface area (TPSA) is 37.8 Å². The summed E-state index contributed by atoms with van der Waals surface area (Å²) in [6.45, 7) is 4.21. The Balaban J connectivity index is 2.15. The molecule has 0 amide bonds. The quantitative estimate of drug-likeness (QED) is 0.903. The molecule has 1 heterocycles. The third-order valence-electron chi connectivity index (χ3n) is 3.56. The molecule has 0 unspecified atom stereocenters. The average molecular weight is 332 g/mol. The predicted octanol–water partition coefficient (Wildman–Crippen LogP) is 4.44. The van der Waals surface area contributed by atoms with E-state index in [1.165, 1.54) is 24.0 Å². The highest BCUT2D eigenvalue weighted by Crippen LogP contribution is 2.44. The minimum Gasteiger partial charge on any atom is -0.372 e. The monoisotopic (exact) mass is 331 g/mol. The van der Waals surface area contributed by atoms with E-state index in [0.717, 1.165) is 27.4 Å². The summed E-state index contributed by atoms with van der Waals surface area (Å²) in [4.78, 5) is 9.44. The molecule has 1 saturated carbocycles. The van der Waals surface area contributed by atoms with Crippen molar-refractivity contribution in [1.29, 1.82) is 0 Å². The van der Waals surface area contributed by atoms with Crippen LogP contribution in [-0.2, 0) is 0 Å². The number of nitrogens with one attached hydrogen (secondary N) is 1. The highest BCUT2D eigenvalue weighted by atomic mass is 79.9. The number of anilines is 1. The lowest BCUT2D eigenvalue weighted by Crippen LogP contribution is -2.03. The van der Waals surface area contributed by atoms with Crippen LogP contribution in [0.25, 0.3) is 11.4 Å². The first kappa shape index (κ1) is 13.6. The highest BCUT2D eigenvalue weighted by molar-refractivity contribution is 9.10. The molecule has 1 aliphatic rings. The minimum atomic E-state index is 0.587. The Kier molecular flexibility index (Phi) is 3.50. The molecule has 1 aromatic carbocycles. The molecular formula is C16H18BrN3. The summed E-state index contributed by atoms with van der Waals surface area (Å²) in [5, 5.41) is 3.16. The van der Waals surface area contributed by atoms with Gasteiger partial charge < -0.3 is 5.32 Å². The molecule has 20 heavy (non-hydrogen) atoms. The van der Waals surface area contributed by atoms with Crippen molar-refractivity contribution in [3.05, 3.63) is 39.5 Å². The number of hydrogen-bond donors (Lipinski definition) is 1. The van der Waals surface area contributed by atoms with Crippen LogP contribution < -0.4 is 5.32 Å². The van der Waals surface area contributed by atoms with Crippen LogP contribution in [0.15, 0.2) is 22.7 Å². The zero-order valence-electron chi connectivity index (χ0n) is 12.0. The van der Waals surface area contributed by atoms with Crippen molar-refractivity contribution in [2.75, 3.05) is 12.4 Å². The zero-order valence-corrected chi connectivity index (χ0v) is 13.6. The lowest BCUT2D eigenvalue weighted by atomic mass is 10.1. The van der Waals surface area contributed by atoms with Gasteiger partial charge in [0, 0.05) is 18.5 Å². The second-order valence-corrected chi connectivity index (χ2v) is 6.29. The van der Waals surface area contributed by atoms with Gasteiger partial charge in [-0.3, -0.25) is 0 Å². The summed E-state index contributed by atoms with van der Waals surface area (Å²) in [6.07, 6.45) is 2.45. The van der Waals surface area contributed by atoms with Crippen LogP contribution in [0.1, 0.15) is 35.6 Å². The van der Waals surface area contributed by atoms with E-state index in [-0.39, 0.29) is 0 Å². The van der Waals surface area contributed by atoms with Crippen LogP contribution in [0.4, 0.5) is 5.82 Å². The molecular weight excluding hydrogens is 314 g/mol. The largest absolute Gasteiger partial charge is 0.372 e. The molecule has 0 spiro atoms. The third-order valence-corrected chi connectivity index (χ3v) is 4.34. The van der Waals surface area contributed by atoms with Gasteiger partial charge in [-0.2, -0.15) is 0 Å². The number of rotatable bonds is 3. The lowest BCUT2D eigenvalue weighted by molar-refractivity contribution is 0.980. The first-order valence-electron chi connectivity index (χ1n) is 6.92. The van der Waals surface area contributed by atoms with Crippen LogP contribution >= 0.6 is 15.9 Å². The van der Waals surface area contributed by atoms with Crippen molar-refractivity contribution < 1.29 is 0 Å². The Bertz CT molecular complexity index is 643. The number of benzene rings is 1. The zero-order chi connectivity index (χ0) is 14.3. The fraction of sp³-hybridized carbons (Fsp3) is 0.375. The van der Waals surface area contributed by atoms with E-state index < -0.39 is 0 Å². The smallest absolute Gasteiger partial charge is 0.161 e. The van der Waals surface area contributed by atoms with Crippen LogP contribution in [0.5, 0.6) is 0 Å². The molecule has 0 bridgehead atoms. The summed E-state index contributed by atoms with van der Waals surface area (Å²) in [7, 11) is 1.90. The third kappa shape index (κ3) is 2.57. The molecule has 3 rings (SSSR count). The first-order chi connectivity index (χ1) is 9.58. The summed E-state index contributed by atoms with van der Waals surface area (Å²) in [6, 6.07) is 6.46. The van der Waals surface area contributed by atoms with Gasteiger partial charge in [0.1, 0.15) is 5.82 Å². The Morgan fingerprint density at radius 1 is 1.10 bits per heavy atom. The van der Waals surface area contributed by atoms with Gasteiger partial charge in [0.2, 0.25) is 0 Å². The van der Waals surface area contributed by atoms with Crippen LogP contribution in [0.2, 0.25) is 0 Å². The molecule has 3 nitrogen and oxygen atoms in total. The highest BCUT2D eigenvalue weighted by Gasteiger charge is 2.29. The standard InChI is InChI=1S/C16H18BrN3/c1-9-6-10(2)8-12(7-9)15-19-14(11-4-5-11)13(17)16(18-3)20-15/h6-8,11H,4-5H2,1-3H3,(H,18,19,20). The summed E-state index contributed by atoms with van der Waals surface area (Å²) < 4.78 is 1.01. The normalized spacial score (nSPS) is 14.4. The van der Waals surface area contributed by atoms with Crippen molar-refractivity contribution in [3.8, 4) is 11.4 Å². The predicted molar refractivity (Wildman–Crippen MR) is 86.2 cm³/mol. The molecule has 1 fully saturated rings. The number of halogens is 1. The van der Waals surface area contributed by atoms with Gasteiger partial charge in [-0.15, -0.1) is 0 Å². The van der Waals surface area contributed by atoms with Crippen molar-refractivity contribution in [2.45, 2.75) is 32.6 Å².